The molecule has 5 nitrogen and oxygen atoms in total. The number of hydrogen-bond donors (Lipinski definition) is 3. The van der Waals surface area contributed by atoms with Gasteiger partial charge in [-0.1, -0.05) is 6.92 Å². The summed E-state index contributed by atoms with van der Waals surface area (Å²) in [6.45, 7) is 2.90. The van der Waals surface area contributed by atoms with Crippen molar-refractivity contribution < 1.29 is 0 Å². The van der Waals surface area contributed by atoms with Crippen molar-refractivity contribution >= 4 is 18.4 Å². The van der Waals surface area contributed by atoms with E-state index < -0.39 is 0 Å². The largest absolute Gasteiger partial charge is 0.370 e. The van der Waals surface area contributed by atoms with Gasteiger partial charge >= 0.3 is 0 Å². The molecule has 0 amide bonds. The molecule has 2 rings (SSSR count). The molecule has 6 heteroatoms. The van der Waals surface area contributed by atoms with E-state index in [0.29, 0.717) is 0 Å². The number of aromatic amines is 1. The Bertz CT molecular complexity index is 348. The van der Waals surface area contributed by atoms with Crippen molar-refractivity contribution in [3.05, 3.63) is 17.7 Å². The molecule has 1 aliphatic rings. The van der Waals surface area contributed by atoms with Crippen molar-refractivity contribution in [1.82, 2.24) is 14.9 Å². The summed E-state index contributed by atoms with van der Waals surface area (Å²) in [6, 6.07) is 0.169. The summed E-state index contributed by atoms with van der Waals surface area (Å²) < 4.78 is 0. The van der Waals surface area contributed by atoms with Gasteiger partial charge < -0.3 is 15.6 Å². The molecule has 84 valence electrons. The molecule has 0 bridgehead atoms. The molecule has 0 saturated heterocycles. The first-order chi connectivity index (χ1) is 6.74. The Morgan fingerprint density at radius 1 is 1.80 bits per heavy atom. The number of aromatic nitrogens is 2. The van der Waals surface area contributed by atoms with Gasteiger partial charge in [0.15, 0.2) is 5.96 Å². The Hall–Kier alpha value is -1.23. The average molecular weight is 230 g/mol. The zero-order valence-electron chi connectivity index (χ0n) is 8.66. The summed E-state index contributed by atoms with van der Waals surface area (Å²) in [7, 11) is 0. The normalized spacial score (nSPS) is 19.3. The van der Waals surface area contributed by atoms with Gasteiger partial charge in [0.2, 0.25) is 0 Å². The minimum Gasteiger partial charge on any atom is -0.370 e. The smallest absolute Gasteiger partial charge is 0.188 e. The number of halogens is 1. The van der Waals surface area contributed by atoms with Gasteiger partial charge in [0, 0.05) is 18.7 Å². The maximum Gasteiger partial charge on any atom is 0.188 e. The lowest BCUT2D eigenvalue weighted by Crippen LogP contribution is -2.43. The minimum atomic E-state index is 0. The van der Waals surface area contributed by atoms with Crippen molar-refractivity contribution in [2.45, 2.75) is 25.8 Å². The highest BCUT2D eigenvalue weighted by Gasteiger charge is 2.28. The first kappa shape index (κ1) is 11.8. The van der Waals surface area contributed by atoms with E-state index in [0.717, 1.165) is 25.1 Å². The Morgan fingerprint density at radius 2 is 2.53 bits per heavy atom. The number of rotatable bonds is 1. The molecule has 1 aromatic heterocycles. The quantitative estimate of drug-likeness (QED) is 0.497. The fraction of sp³-hybridized carbons (Fsp3) is 0.556. The number of nitrogens with two attached hydrogens (primary N) is 1. The fourth-order valence-electron chi connectivity index (χ4n) is 2.06. The van der Waals surface area contributed by atoms with Crippen molar-refractivity contribution in [3.8, 4) is 0 Å². The van der Waals surface area contributed by atoms with Crippen molar-refractivity contribution in [3.63, 3.8) is 0 Å². The summed E-state index contributed by atoms with van der Waals surface area (Å²) in [4.78, 5) is 9.33. The van der Waals surface area contributed by atoms with Gasteiger partial charge in [-0.25, -0.2) is 4.98 Å². The molecule has 2 heterocycles. The highest BCUT2D eigenvalue weighted by molar-refractivity contribution is 5.85. The van der Waals surface area contributed by atoms with Crippen LogP contribution in [-0.2, 0) is 6.42 Å². The number of nitrogens with one attached hydrogen (secondary N) is 2. The number of guanidine groups is 1. The van der Waals surface area contributed by atoms with Crippen LogP contribution in [0.3, 0.4) is 0 Å². The molecule has 15 heavy (non-hydrogen) atoms. The van der Waals surface area contributed by atoms with Crippen LogP contribution in [0.4, 0.5) is 0 Å². The molecule has 4 N–H and O–H groups in total. The van der Waals surface area contributed by atoms with E-state index in [1.165, 1.54) is 5.69 Å². The highest BCUT2D eigenvalue weighted by atomic mass is 35.5. The molecule has 0 aromatic carbocycles. The second kappa shape index (κ2) is 4.53. The van der Waals surface area contributed by atoms with E-state index in [2.05, 4.69) is 16.9 Å². The van der Waals surface area contributed by atoms with E-state index in [4.69, 9.17) is 11.1 Å². The van der Waals surface area contributed by atoms with Crippen LogP contribution < -0.4 is 5.73 Å². The van der Waals surface area contributed by atoms with Gasteiger partial charge in [0.25, 0.3) is 0 Å². The number of fused-ring (bicyclic) bond motifs is 1. The molecule has 0 radical (unpaired) electrons. The predicted octanol–water partition coefficient (Wildman–Crippen LogP) is 1.03. The molecule has 1 unspecified atom stereocenters. The minimum absolute atomic E-state index is 0. The molecule has 0 saturated carbocycles. The van der Waals surface area contributed by atoms with E-state index in [-0.39, 0.29) is 24.4 Å². The highest BCUT2D eigenvalue weighted by Crippen LogP contribution is 2.28. The third-order valence-corrected chi connectivity index (χ3v) is 2.74. The first-order valence-electron chi connectivity index (χ1n) is 4.86. The van der Waals surface area contributed by atoms with Gasteiger partial charge in [-0.15, -0.1) is 12.4 Å². The molecular weight excluding hydrogens is 214 g/mol. The maximum atomic E-state index is 7.48. The van der Waals surface area contributed by atoms with Gasteiger partial charge in [0.05, 0.1) is 18.1 Å². The Morgan fingerprint density at radius 3 is 3.13 bits per heavy atom. The van der Waals surface area contributed by atoms with Crippen molar-refractivity contribution in [1.29, 1.82) is 5.41 Å². The van der Waals surface area contributed by atoms with Gasteiger partial charge in [0.1, 0.15) is 0 Å². The molecule has 0 aliphatic carbocycles. The number of H-pyrrole nitrogens is 1. The van der Waals surface area contributed by atoms with Crippen LogP contribution >= 0.6 is 12.4 Å². The third-order valence-electron chi connectivity index (χ3n) is 2.74. The topological polar surface area (TPSA) is 81.8 Å². The van der Waals surface area contributed by atoms with E-state index in [9.17, 15) is 0 Å². The maximum absolute atomic E-state index is 7.48. The molecule has 0 fully saturated rings. The molecule has 1 atom stereocenters. The zero-order valence-corrected chi connectivity index (χ0v) is 9.47. The summed E-state index contributed by atoms with van der Waals surface area (Å²) >= 11 is 0. The second-order valence-electron chi connectivity index (χ2n) is 3.52. The van der Waals surface area contributed by atoms with Crippen LogP contribution in [0.15, 0.2) is 6.33 Å². The molecule has 1 aliphatic heterocycles. The SMILES string of the molecule is CCC1c2nc[nH]c2CCN1C(=N)N.Cl. The average Bonchev–Trinajstić information content (AvgIpc) is 2.63. The first-order valence-corrected chi connectivity index (χ1v) is 4.86. The fourth-order valence-corrected chi connectivity index (χ4v) is 2.06. The van der Waals surface area contributed by atoms with Gasteiger partial charge in [-0.05, 0) is 6.42 Å². The summed E-state index contributed by atoms with van der Waals surface area (Å²) in [6.07, 6.45) is 3.54. The molecular formula is C9H16ClN5. The lowest BCUT2D eigenvalue weighted by Gasteiger charge is -2.34. The Balaban J connectivity index is 0.00000112. The zero-order chi connectivity index (χ0) is 10.1. The van der Waals surface area contributed by atoms with Crippen molar-refractivity contribution in [2.75, 3.05) is 6.54 Å². The van der Waals surface area contributed by atoms with Crippen LogP contribution in [0.1, 0.15) is 30.8 Å². The summed E-state index contributed by atoms with van der Waals surface area (Å²) in [5, 5.41) is 7.48. The number of hydrogen-bond acceptors (Lipinski definition) is 2. The third kappa shape index (κ3) is 1.92. The monoisotopic (exact) mass is 229 g/mol. The molecule has 0 spiro atoms. The summed E-state index contributed by atoms with van der Waals surface area (Å²) in [5.74, 6) is 0.144. The van der Waals surface area contributed by atoms with E-state index >= 15 is 0 Å². The van der Waals surface area contributed by atoms with Crippen LogP contribution in [-0.4, -0.2) is 27.4 Å². The second-order valence-corrected chi connectivity index (χ2v) is 3.52. The van der Waals surface area contributed by atoms with Crippen molar-refractivity contribution in [2.24, 2.45) is 5.73 Å². The van der Waals surface area contributed by atoms with Crippen LogP contribution in [0.2, 0.25) is 0 Å². The Kier molecular flexibility index (Phi) is 3.57. The Labute approximate surface area is 95.0 Å². The predicted molar refractivity (Wildman–Crippen MR) is 61.2 cm³/mol. The van der Waals surface area contributed by atoms with E-state index in [1.807, 2.05) is 4.90 Å². The summed E-state index contributed by atoms with van der Waals surface area (Å²) in [5.41, 5.74) is 7.77. The van der Waals surface area contributed by atoms with Gasteiger partial charge in [-0.3, -0.25) is 5.41 Å². The number of nitrogens with zero attached hydrogens (tertiary/aromatic N) is 2. The van der Waals surface area contributed by atoms with Crippen LogP contribution in [0.5, 0.6) is 0 Å². The molecule has 1 aromatic rings. The lowest BCUT2D eigenvalue weighted by atomic mass is 10.0. The van der Waals surface area contributed by atoms with Crippen LogP contribution in [0.25, 0.3) is 0 Å². The number of imidazole rings is 1. The van der Waals surface area contributed by atoms with Crippen LogP contribution in [0, 0.1) is 5.41 Å². The van der Waals surface area contributed by atoms with Gasteiger partial charge in [-0.2, -0.15) is 0 Å². The lowest BCUT2D eigenvalue weighted by molar-refractivity contribution is 0.280. The van der Waals surface area contributed by atoms with E-state index in [1.54, 1.807) is 6.33 Å². The standard InChI is InChI=1S/C9H15N5.ClH/c1-2-7-8-6(12-5-13-8)3-4-14(7)9(10)11;/h5,7H,2-4H2,1H3,(H3,10,11)(H,12,13);1H.